The Bertz CT molecular complexity index is 1960. The molecule has 1 aromatic carbocycles. The average Bonchev–Trinajstić information content (AvgIpc) is 3.69. The second-order valence-electron chi connectivity index (χ2n) is 9.90. The Kier molecular flexibility index (Phi) is 5.73. The first-order chi connectivity index (χ1) is 20.0. The summed E-state index contributed by atoms with van der Waals surface area (Å²) in [4.78, 5) is 37.0. The number of rotatable bonds is 5. The van der Waals surface area contributed by atoms with Gasteiger partial charge < -0.3 is 11.1 Å². The summed E-state index contributed by atoms with van der Waals surface area (Å²) in [6.07, 6.45) is 8.04. The predicted octanol–water partition coefficient (Wildman–Crippen LogP) is 3.38. The van der Waals surface area contributed by atoms with Crippen LogP contribution in [0.2, 0.25) is 0 Å². The fourth-order valence-electron chi connectivity index (χ4n) is 5.34. The third-order valence-electron chi connectivity index (χ3n) is 7.31. The van der Waals surface area contributed by atoms with Crippen molar-refractivity contribution in [2.75, 3.05) is 5.73 Å². The van der Waals surface area contributed by atoms with Gasteiger partial charge in [0.1, 0.15) is 22.7 Å². The van der Waals surface area contributed by atoms with Crippen molar-refractivity contribution in [1.29, 1.82) is 0 Å². The number of nitrogens with zero attached hydrogens (tertiary/aromatic N) is 9. The van der Waals surface area contributed by atoms with E-state index in [9.17, 15) is 4.79 Å². The predicted molar refractivity (Wildman–Crippen MR) is 152 cm³/mol. The van der Waals surface area contributed by atoms with Crippen LogP contribution >= 0.6 is 0 Å². The van der Waals surface area contributed by atoms with Gasteiger partial charge in [-0.15, -0.1) is 0 Å². The molecule has 5 heterocycles. The van der Waals surface area contributed by atoms with Gasteiger partial charge in [0, 0.05) is 31.3 Å². The molecule has 0 bridgehead atoms. The highest BCUT2D eigenvalue weighted by Gasteiger charge is 2.27. The molecule has 6 aromatic rings. The lowest BCUT2D eigenvalue weighted by molar-refractivity contribution is 0.0930. The maximum absolute atomic E-state index is 13.0. The van der Waals surface area contributed by atoms with Gasteiger partial charge in [-0.25, -0.2) is 19.9 Å². The quantitative estimate of drug-likeness (QED) is 0.333. The van der Waals surface area contributed by atoms with Gasteiger partial charge in [-0.1, -0.05) is 6.07 Å². The highest BCUT2D eigenvalue weighted by atomic mass is 16.2. The number of carbonyl (C=O) groups is 1. The maximum atomic E-state index is 13.0. The van der Waals surface area contributed by atoms with E-state index >= 15 is 0 Å². The molecule has 5 aromatic heterocycles. The number of nitrogens with two attached hydrogens (primary N) is 1. The molecule has 202 valence electrons. The summed E-state index contributed by atoms with van der Waals surface area (Å²) in [6.45, 7) is 1.78. The van der Waals surface area contributed by atoms with Crippen LogP contribution in [0, 0.1) is 6.92 Å². The first-order valence-corrected chi connectivity index (χ1v) is 13.1. The molecule has 0 fully saturated rings. The molecule has 41 heavy (non-hydrogen) atoms. The molecule has 0 unspecified atom stereocenters. The first-order valence-electron chi connectivity index (χ1n) is 13.1. The number of carbonyl (C=O) groups excluding carboxylic acids is 1. The molecule has 12 nitrogen and oxygen atoms in total. The number of imidazole rings is 1. The zero-order chi connectivity index (χ0) is 28.1. The van der Waals surface area contributed by atoms with E-state index < -0.39 is 0 Å². The number of anilines is 1. The standard InChI is InChI=1S/C29H25N11O/c1-16-25(32-13-12-31-16)29(41)37-21-8-5-17-14-18(6-7-19(17)21)40-27(20-4-3-11-33-26(20)30)36-23-10-9-22(35-28(23)40)24-15-34-39(2)38-24/h3-4,6-7,9-15,21H,5,8H2,1-2H3,(H2,30,33)(H,37,41)/t21-/m0/s1. The van der Waals surface area contributed by atoms with Gasteiger partial charge >= 0.3 is 0 Å². The van der Waals surface area contributed by atoms with E-state index in [2.05, 4.69) is 42.6 Å². The Morgan fingerprint density at radius 1 is 1.02 bits per heavy atom. The SMILES string of the molecule is Cc1nccnc1C(=O)N[C@H]1CCc2cc(-n3c(-c4cccnc4N)nc4ccc(-c5cnn(C)n5)nc43)ccc21. The summed E-state index contributed by atoms with van der Waals surface area (Å²) >= 11 is 0. The number of nitrogens with one attached hydrogen (secondary N) is 1. The van der Waals surface area contributed by atoms with Gasteiger partial charge in [0.25, 0.3) is 5.91 Å². The van der Waals surface area contributed by atoms with E-state index in [1.54, 1.807) is 32.6 Å². The van der Waals surface area contributed by atoms with Gasteiger partial charge in [0.15, 0.2) is 11.5 Å². The Morgan fingerprint density at radius 2 is 1.90 bits per heavy atom. The largest absolute Gasteiger partial charge is 0.383 e. The van der Waals surface area contributed by atoms with Crippen molar-refractivity contribution in [3.8, 4) is 28.5 Å². The van der Waals surface area contributed by atoms with Crippen LogP contribution < -0.4 is 11.1 Å². The van der Waals surface area contributed by atoms with E-state index in [1.165, 1.54) is 11.0 Å². The van der Waals surface area contributed by atoms with Crippen LogP contribution in [0.15, 0.2) is 67.3 Å². The molecule has 0 aliphatic heterocycles. The highest BCUT2D eigenvalue weighted by molar-refractivity contribution is 5.93. The normalized spacial score (nSPS) is 14.3. The minimum Gasteiger partial charge on any atom is -0.383 e. The number of nitrogen functional groups attached to an aromatic ring is 1. The molecule has 7 rings (SSSR count). The smallest absolute Gasteiger partial charge is 0.272 e. The zero-order valence-electron chi connectivity index (χ0n) is 22.4. The Balaban J connectivity index is 1.32. The van der Waals surface area contributed by atoms with Gasteiger partial charge in [0.05, 0.1) is 29.2 Å². The monoisotopic (exact) mass is 543 g/mol. The van der Waals surface area contributed by atoms with Crippen LogP contribution in [0.3, 0.4) is 0 Å². The Hall–Kier alpha value is -5.52. The van der Waals surface area contributed by atoms with Crippen molar-refractivity contribution in [3.05, 3.63) is 89.8 Å². The molecule has 0 spiro atoms. The average molecular weight is 544 g/mol. The summed E-state index contributed by atoms with van der Waals surface area (Å²) in [6, 6.07) is 13.6. The molecular formula is C29H25N11O. The molecule has 0 saturated heterocycles. The topological polar surface area (TPSA) is 155 Å². The van der Waals surface area contributed by atoms with E-state index in [0.29, 0.717) is 51.1 Å². The number of benzene rings is 1. The third-order valence-corrected chi connectivity index (χ3v) is 7.31. The molecule has 1 aliphatic carbocycles. The second kappa shape index (κ2) is 9.59. The number of aryl methyl sites for hydroxylation is 3. The van der Waals surface area contributed by atoms with Crippen molar-refractivity contribution in [3.63, 3.8) is 0 Å². The molecule has 0 radical (unpaired) electrons. The summed E-state index contributed by atoms with van der Waals surface area (Å²) < 4.78 is 2.00. The minimum absolute atomic E-state index is 0.123. The number of aromatic nitrogens is 9. The van der Waals surface area contributed by atoms with E-state index in [-0.39, 0.29) is 11.9 Å². The molecular weight excluding hydrogens is 518 g/mol. The van der Waals surface area contributed by atoms with E-state index in [1.807, 2.05) is 34.9 Å². The number of amides is 1. The fourth-order valence-corrected chi connectivity index (χ4v) is 5.34. The minimum atomic E-state index is -0.229. The molecule has 12 heteroatoms. The summed E-state index contributed by atoms with van der Waals surface area (Å²) in [5.74, 6) is 0.782. The van der Waals surface area contributed by atoms with Crippen LogP contribution in [0.1, 0.15) is 39.8 Å². The van der Waals surface area contributed by atoms with Crippen LogP contribution in [-0.2, 0) is 13.5 Å². The lowest BCUT2D eigenvalue weighted by Gasteiger charge is -2.16. The van der Waals surface area contributed by atoms with Gasteiger partial charge in [-0.2, -0.15) is 15.0 Å². The molecule has 1 atom stereocenters. The van der Waals surface area contributed by atoms with Crippen LogP contribution in [0.4, 0.5) is 5.82 Å². The van der Waals surface area contributed by atoms with Crippen LogP contribution in [0.25, 0.3) is 39.6 Å². The van der Waals surface area contributed by atoms with Crippen molar-refractivity contribution >= 4 is 22.9 Å². The number of hydrogen-bond donors (Lipinski definition) is 2. The van der Waals surface area contributed by atoms with Crippen molar-refractivity contribution in [2.24, 2.45) is 7.05 Å². The van der Waals surface area contributed by atoms with E-state index in [0.717, 1.165) is 29.7 Å². The first kappa shape index (κ1) is 24.5. The zero-order valence-corrected chi connectivity index (χ0v) is 22.4. The summed E-state index contributed by atoms with van der Waals surface area (Å²) in [5, 5.41) is 11.7. The second-order valence-corrected chi connectivity index (χ2v) is 9.90. The van der Waals surface area contributed by atoms with Crippen molar-refractivity contribution < 1.29 is 4.79 Å². The fraction of sp³-hybridized carbons (Fsp3) is 0.172. The molecule has 1 aliphatic rings. The summed E-state index contributed by atoms with van der Waals surface area (Å²) in [5.41, 5.74) is 13.7. The lowest BCUT2D eigenvalue weighted by Crippen LogP contribution is -2.28. The maximum Gasteiger partial charge on any atom is 0.272 e. The summed E-state index contributed by atoms with van der Waals surface area (Å²) in [7, 11) is 1.77. The number of fused-ring (bicyclic) bond motifs is 2. The van der Waals surface area contributed by atoms with E-state index in [4.69, 9.17) is 15.7 Å². The number of pyridine rings is 2. The highest BCUT2D eigenvalue weighted by Crippen LogP contribution is 2.36. The molecule has 0 saturated carbocycles. The van der Waals surface area contributed by atoms with Gasteiger partial charge in [0.2, 0.25) is 0 Å². The van der Waals surface area contributed by atoms with Crippen molar-refractivity contribution in [1.82, 2.24) is 49.8 Å². The van der Waals surface area contributed by atoms with Gasteiger partial charge in [-0.3, -0.25) is 14.3 Å². The van der Waals surface area contributed by atoms with Gasteiger partial charge in [-0.05, 0) is 67.3 Å². The Labute approximate surface area is 234 Å². The Morgan fingerprint density at radius 3 is 2.71 bits per heavy atom. The lowest BCUT2D eigenvalue weighted by atomic mass is 10.1. The van der Waals surface area contributed by atoms with Crippen LogP contribution in [0.5, 0.6) is 0 Å². The molecule has 3 N–H and O–H groups in total. The van der Waals surface area contributed by atoms with Crippen molar-refractivity contribution in [2.45, 2.75) is 25.8 Å². The van der Waals surface area contributed by atoms with Crippen LogP contribution in [-0.4, -0.2) is 50.4 Å². The molecule has 1 amide bonds. The third kappa shape index (κ3) is 4.25. The number of hydrogen-bond acceptors (Lipinski definition) is 9.